The zero-order valence-corrected chi connectivity index (χ0v) is 16.1. The van der Waals surface area contributed by atoms with Crippen molar-refractivity contribution in [1.29, 1.82) is 0 Å². The van der Waals surface area contributed by atoms with Crippen LogP contribution in [0.25, 0.3) is 0 Å². The SMILES string of the molecule is CCNC(=NCCN(CC1CC1)C1CC1)NC1CC=CC1.I. The fourth-order valence-electron chi connectivity index (χ4n) is 3.03. The van der Waals surface area contributed by atoms with E-state index in [0.29, 0.717) is 6.04 Å². The number of guanidine groups is 1. The van der Waals surface area contributed by atoms with Gasteiger partial charge in [0, 0.05) is 31.7 Å². The fraction of sp³-hybridized carbons (Fsp3) is 0.824. The van der Waals surface area contributed by atoms with Crippen LogP contribution in [0.15, 0.2) is 17.1 Å². The van der Waals surface area contributed by atoms with Crippen molar-refractivity contribution in [3.8, 4) is 0 Å². The van der Waals surface area contributed by atoms with Crippen LogP contribution in [0.2, 0.25) is 0 Å². The van der Waals surface area contributed by atoms with E-state index in [9.17, 15) is 0 Å². The zero-order valence-electron chi connectivity index (χ0n) is 13.8. The third-order valence-corrected chi connectivity index (χ3v) is 4.60. The Hall–Kier alpha value is -0.300. The third kappa shape index (κ3) is 6.07. The first-order valence-electron chi connectivity index (χ1n) is 8.79. The molecule has 2 N–H and O–H groups in total. The second kappa shape index (κ2) is 9.11. The summed E-state index contributed by atoms with van der Waals surface area (Å²) in [6.45, 7) is 6.42. The van der Waals surface area contributed by atoms with Crippen LogP contribution < -0.4 is 10.6 Å². The molecule has 126 valence electrons. The van der Waals surface area contributed by atoms with Gasteiger partial charge in [-0.05, 0) is 51.4 Å². The number of nitrogens with zero attached hydrogens (tertiary/aromatic N) is 2. The summed E-state index contributed by atoms with van der Waals surface area (Å²) in [4.78, 5) is 7.46. The van der Waals surface area contributed by atoms with E-state index in [2.05, 4.69) is 34.6 Å². The average Bonchev–Trinajstić information content (AvgIpc) is 3.39. The van der Waals surface area contributed by atoms with Gasteiger partial charge in [-0.2, -0.15) is 0 Å². The van der Waals surface area contributed by atoms with Gasteiger partial charge in [0.05, 0.1) is 6.54 Å². The smallest absolute Gasteiger partial charge is 0.191 e. The predicted molar refractivity (Wildman–Crippen MR) is 104 cm³/mol. The molecule has 2 fully saturated rings. The maximum absolute atomic E-state index is 4.78. The van der Waals surface area contributed by atoms with Crippen LogP contribution in [0.1, 0.15) is 45.4 Å². The largest absolute Gasteiger partial charge is 0.357 e. The fourth-order valence-corrected chi connectivity index (χ4v) is 3.03. The second-order valence-corrected chi connectivity index (χ2v) is 6.71. The Morgan fingerprint density at radius 1 is 1.18 bits per heavy atom. The molecule has 5 heteroatoms. The number of rotatable bonds is 8. The summed E-state index contributed by atoms with van der Waals surface area (Å²) >= 11 is 0. The maximum Gasteiger partial charge on any atom is 0.191 e. The van der Waals surface area contributed by atoms with Crippen molar-refractivity contribution in [2.45, 2.75) is 57.5 Å². The van der Waals surface area contributed by atoms with E-state index in [0.717, 1.165) is 50.4 Å². The third-order valence-electron chi connectivity index (χ3n) is 4.60. The van der Waals surface area contributed by atoms with E-state index in [1.54, 1.807) is 0 Å². The molecular weight excluding hydrogens is 387 g/mol. The van der Waals surface area contributed by atoms with Crippen molar-refractivity contribution >= 4 is 29.9 Å². The van der Waals surface area contributed by atoms with E-state index in [-0.39, 0.29) is 24.0 Å². The van der Waals surface area contributed by atoms with Gasteiger partial charge in [0.2, 0.25) is 0 Å². The summed E-state index contributed by atoms with van der Waals surface area (Å²) in [7, 11) is 0. The van der Waals surface area contributed by atoms with Crippen molar-refractivity contribution in [2.75, 3.05) is 26.2 Å². The highest BCUT2D eigenvalue weighted by molar-refractivity contribution is 14.0. The summed E-state index contributed by atoms with van der Waals surface area (Å²) < 4.78 is 0. The van der Waals surface area contributed by atoms with E-state index >= 15 is 0 Å². The number of aliphatic imine (C=N–C) groups is 1. The zero-order chi connectivity index (χ0) is 14.5. The minimum Gasteiger partial charge on any atom is -0.357 e. The molecule has 0 spiro atoms. The van der Waals surface area contributed by atoms with Crippen LogP contribution in [-0.4, -0.2) is 49.1 Å². The van der Waals surface area contributed by atoms with E-state index in [1.165, 1.54) is 32.2 Å². The van der Waals surface area contributed by atoms with Crippen LogP contribution >= 0.6 is 24.0 Å². The van der Waals surface area contributed by atoms with E-state index in [4.69, 9.17) is 4.99 Å². The minimum absolute atomic E-state index is 0. The van der Waals surface area contributed by atoms with E-state index < -0.39 is 0 Å². The molecule has 2 saturated carbocycles. The van der Waals surface area contributed by atoms with Crippen molar-refractivity contribution in [3.05, 3.63) is 12.2 Å². The minimum atomic E-state index is 0. The molecule has 3 aliphatic rings. The van der Waals surface area contributed by atoms with Crippen LogP contribution in [0.5, 0.6) is 0 Å². The molecule has 0 aromatic heterocycles. The molecule has 0 radical (unpaired) electrons. The number of hydrogen-bond donors (Lipinski definition) is 2. The molecular formula is C17H31IN4. The summed E-state index contributed by atoms with van der Waals surface area (Å²) in [6.07, 6.45) is 12.5. The van der Waals surface area contributed by atoms with Crippen molar-refractivity contribution in [1.82, 2.24) is 15.5 Å². The van der Waals surface area contributed by atoms with Gasteiger partial charge in [-0.1, -0.05) is 12.2 Å². The lowest BCUT2D eigenvalue weighted by Gasteiger charge is -2.21. The highest BCUT2D eigenvalue weighted by atomic mass is 127. The molecule has 0 aromatic rings. The summed E-state index contributed by atoms with van der Waals surface area (Å²) in [5, 5.41) is 6.92. The van der Waals surface area contributed by atoms with Crippen molar-refractivity contribution in [3.63, 3.8) is 0 Å². The van der Waals surface area contributed by atoms with Crippen LogP contribution in [0.3, 0.4) is 0 Å². The number of nitrogens with one attached hydrogen (secondary N) is 2. The molecule has 4 nitrogen and oxygen atoms in total. The van der Waals surface area contributed by atoms with Crippen LogP contribution in [0, 0.1) is 5.92 Å². The molecule has 22 heavy (non-hydrogen) atoms. The average molecular weight is 418 g/mol. The van der Waals surface area contributed by atoms with Crippen molar-refractivity contribution in [2.24, 2.45) is 10.9 Å². The first-order valence-corrected chi connectivity index (χ1v) is 8.79. The summed E-state index contributed by atoms with van der Waals surface area (Å²) in [5.74, 6) is 1.99. The molecule has 0 saturated heterocycles. The van der Waals surface area contributed by atoms with Gasteiger partial charge in [-0.15, -0.1) is 24.0 Å². The van der Waals surface area contributed by atoms with Gasteiger partial charge in [0.25, 0.3) is 0 Å². The summed E-state index contributed by atoms with van der Waals surface area (Å²) in [5.41, 5.74) is 0. The van der Waals surface area contributed by atoms with Gasteiger partial charge in [0.1, 0.15) is 0 Å². The Morgan fingerprint density at radius 3 is 2.50 bits per heavy atom. The first-order chi connectivity index (χ1) is 10.3. The lowest BCUT2D eigenvalue weighted by Crippen LogP contribution is -2.43. The van der Waals surface area contributed by atoms with Crippen LogP contribution in [-0.2, 0) is 0 Å². The predicted octanol–water partition coefficient (Wildman–Crippen LogP) is 2.75. The normalized spacial score (nSPS) is 22.0. The van der Waals surface area contributed by atoms with Gasteiger partial charge < -0.3 is 10.6 Å². The van der Waals surface area contributed by atoms with Gasteiger partial charge in [-0.25, -0.2) is 0 Å². The molecule has 3 aliphatic carbocycles. The van der Waals surface area contributed by atoms with Gasteiger partial charge >= 0.3 is 0 Å². The number of hydrogen-bond acceptors (Lipinski definition) is 2. The Bertz CT molecular complexity index is 380. The topological polar surface area (TPSA) is 39.7 Å². The first kappa shape index (κ1) is 18.0. The van der Waals surface area contributed by atoms with Gasteiger partial charge in [0.15, 0.2) is 5.96 Å². The molecule has 0 atom stereocenters. The van der Waals surface area contributed by atoms with Crippen molar-refractivity contribution < 1.29 is 0 Å². The lowest BCUT2D eigenvalue weighted by molar-refractivity contribution is 0.260. The highest BCUT2D eigenvalue weighted by Crippen LogP contribution is 2.34. The van der Waals surface area contributed by atoms with Gasteiger partial charge in [-0.3, -0.25) is 9.89 Å². The van der Waals surface area contributed by atoms with E-state index in [1.807, 2.05) is 0 Å². The monoisotopic (exact) mass is 418 g/mol. The molecule has 0 amide bonds. The highest BCUT2D eigenvalue weighted by Gasteiger charge is 2.33. The Morgan fingerprint density at radius 2 is 1.91 bits per heavy atom. The standard InChI is InChI=1S/C17H30N4.HI/c1-2-18-17(20-15-5-3-4-6-15)19-11-12-21(16-9-10-16)13-14-7-8-14;/h3-4,14-16H,2,5-13H2,1H3,(H2,18,19,20);1H. The molecule has 0 unspecified atom stereocenters. The maximum atomic E-state index is 4.78. The Labute approximate surface area is 152 Å². The summed E-state index contributed by atoms with van der Waals surface area (Å²) in [6, 6.07) is 1.41. The lowest BCUT2D eigenvalue weighted by atomic mass is 10.2. The number of halogens is 1. The Balaban J connectivity index is 0.00000176. The Kier molecular flexibility index (Phi) is 7.47. The van der Waals surface area contributed by atoms with Crippen LogP contribution in [0.4, 0.5) is 0 Å². The second-order valence-electron chi connectivity index (χ2n) is 6.71. The molecule has 0 heterocycles. The molecule has 0 bridgehead atoms. The quantitative estimate of drug-likeness (QED) is 0.276. The molecule has 0 aromatic carbocycles. The molecule has 0 aliphatic heterocycles. The molecule has 3 rings (SSSR count).